The molecule has 2 amide bonds. The highest BCUT2D eigenvalue weighted by molar-refractivity contribution is 5.74. The van der Waals surface area contributed by atoms with Crippen LogP contribution in [0.4, 0.5) is 4.79 Å². The van der Waals surface area contributed by atoms with E-state index in [0.717, 1.165) is 29.2 Å². The van der Waals surface area contributed by atoms with E-state index >= 15 is 0 Å². The van der Waals surface area contributed by atoms with Gasteiger partial charge in [-0.2, -0.15) is 5.10 Å². The summed E-state index contributed by atoms with van der Waals surface area (Å²) >= 11 is 0. The van der Waals surface area contributed by atoms with E-state index in [-0.39, 0.29) is 18.0 Å². The number of amides is 2. The first kappa shape index (κ1) is 17.1. The molecule has 2 heterocycles. The fraction of sp³-hybridized carbons (Fsp3) is 0.444. The summed E-state index contributed by atoms with van der Waals surface area (Å²) < 4.78 is 11.4. The molecule has 7 nitrogen and oxygen atoms in total. The first-order valence-corrected chi connectivity index (χ1v) is 8.55. The van der Waals surface area contributed by atoms with Crippen molar-refractivity contribution in [3.8, 4) is 11.5 Å². The van der Waals surface area contributed by atoms with Crippen LogP contribution in [0.15, 0.2) is 30.5 Å². The van der Waals surface area contributed by atoms with Crippen LogP contribution in [0.1, 0.15) is 37.6 Å². The number of ether oxygens (including phenoxy) is 2. The van der Waals surface area contributed by atoms with E-state index in [1.807, 2.05) is 24.3 Å². The summed E-state index contributed by atoms with van der Waals surface area (Å²) in [7, 11) is 0. The molecule has 0 fully saturated rings. The third-order valence-electron chi connectivity index (χ3n) is 4.08. The molecule has 2 aromatic rings. The number of hydrogen-bond donors (Lipinski definition) is 3. The molecule has 1 aromatic heterocycles. The van der Waals surface area contributed by atoms with Crippen LogP contribution in [0, 0.1) is 5.92 Å². The molecule has 0 aliphatic carbocycles. The molecule has 0 radical (unpaired) electrons. The Morgan fingerprint density at radius 3 is 2.76 bits per heavy atom. The van der Waals surface area contributed by atoms with Crippen molar-refractivity contribution in [2.24, 2.45) is 5.92 Å². The molecular formula is C18H24N4O3. The predicted molar refractivity (Wildman–Crippen MR) is 93.6 cm³/mol. The van der Waals surface area contributed by atoms with Crippen LogP contribution in [-0.2, 0) is 6.54 Å². The zero-order chi connectivity index (χ0) is 17.6. The molecule has 0 saturated heterocycles. The molecule has 0 spiro atoms. The molecule has 1 aromatic carbocycles. The van der Waals surface area contributed by atoms with Crippen LogP contribution in [0.3, 0.4) is 0 Å². The van der Waals surface area contributed by atoms with E-state index in [2.05, 4.69) is 34.7 Å². The van der Waals surface area contributed by atoms with E-state index < -0.39 is 0 Å². The molecule has 25 heavy (non-hydrogen) atoms. The van der Waals surface area contributed by atoms with Gasteiger partial charge in [-0.3, -0.25) is 5.10 Å². The van der Waals surface area contributed by atoms with Crippen molar-refractivity contribution in [3.05, 3.63) is 41.7 Å². The number of aromatic nitrogens is 2. The number of benzene rings is 1. The van der Waals surface area contributed by atoms with Gasteiger partial charge in [0, 0.05) is 12.6 Å². The third-order valence-corrected chi connectivity index (χ3v) is 4.08. The highest BCUT2D eigenvalue weighted by atomic mass is 16.5. The van der Waals surface area contributed by atoms with E-state index in [4.69, 9.17) is 9.47 Å². The highest BCUT2D eigenvalue weighted by Gasteiger charge is 2.21. The van der Waals surface area contributed by atoms with Crippen molar-refractivity contribution in [1.29, 1.82) is 0 Å². The lowest BCUT2D eigenvalue weighted by atomic mass is 9.96. The standard InChI is InChI=1S/C18H24N4O3/c1-12(2)17(21-18(23)19-11-14-6-7-20-22-14)13-4-5-15-16(10-13)25-9-3-8-24-15/h4-7,10,12,17H,3,8-9,11H2,1-2H3,(H,20,22)(H2,19,21,23)/t17-/m0/s1. The van der Waals surface area contributed by atoms with Crippen LogP contribution in [0.5, 0.6) is 11.5 Å². The second-order valence-corrected chi connectivity index (χ2v) is 6.39. The average Bonchev–Trinajstić information content (AvgIpc) is 3.01. The zero-order valence-electron chi connectivity index (χ0n) is 14.5. The number of carbonyl (C=O) groups excluding carboxylic acids is 1. The minimum Gasteiger partial charge on any atom is -0.490 e. The second-order valence-electron chi connectivity index (χ2n) is 6.39. The predicted octanol–water partition coefficient (Wildman–Crippen LogP) is 2.77. The highest BCUT2D eigenvalue weighted by Crippen LogP contribution is 2.34. The number of hydrogen-bond acceptors (Lipinski definition) is 4. The van der Waals surface area contributed by atoms with Gasteiger partial charge in [0.15, 0.2) is 11.5 Å². The van der Waals surface area contributed by atoms with Crippen LogP contribution < -0.4 is 20.1 Å². The topological polar surface area (TPSA) is 88.3 Å². The molecular weight excluding hydrogens is 320 g/mol. The summed E-state index contributed by atoms with van der Waals surface area (Å²) in [6.07, 6.45) is 2.52. The van der Waals surface area contributed by atoms with Crippen LogP contribution in [0.2, 0.25) is 0 Å². The van der Waals surface area contributed by atoms with E-state index in [1.165, 1.54) is 0 Å². The van der Waals surface area contributed by atoms with Crippen LogP contribution in [-0.4, -0.2) is 29.4 Å². The molecule has 0 unspecified atom stereocenters. The van der Waals surface area contributed by atoms with Gasteiger partial charge in [-0.1, -0.05) is 19.9 Å². The minimum atomic E-state index is -0.222. The van der Waals surface area contributed by atoms with Crippen molar-refractivity contribution in [3.63, 3.8) is 0 Å². The number of rotatable bonds is 5. The molecule has 3 N–H and O–H groups in total. The summed E-state index contributed by atoms with van der Waals surface area (Å²) in [6.45, 7) is 5.85. The molecule has 134 valence electrons. The third kappa shape index (κ3) is 4.43. The number of nitrogens with zero attached hydrogens (tertiary/aromatic N) is 1. The normalized spacial score (nSPS) is 14.7. The summed E-state index contributed by atoms with van der Waals surface area (Å²) in [4.78, 5) is 12.3. The lowest BCUT2D eigenvalue weighted by Gasteiger charge is -2.24. The number of H-pyrrole nitrogens is 1. The molecule has 1 aliphatic heterocycles. The summed E-state index contributed by atoms with van der Waals surface area (Å²) in [5.41, 5.74) is 1.85. The maximum absolute atomic E-state index is 12.3. The Bertz CT molecular complexity index is 700. The Balaban J connectivity index is 1.68. The SMILES string of the molecule is CC(C)[C@H](NC(=O)NCc1ccn[nH]1)c1ccc2c(c1)OCCCO2. The van der Waals surface area contributed by atoms with Gasteiger partial charge < -0.3 is 20.1 Å². The Morgan fingerprint density at radius 1 is 1.24 bits per heavy atom. The fourth-order valence-electron chi connectivity index (χ4n) is 2.76. The van der Waals surface area contributed by atoms with Crippen LogP contribution >= 0.6 is 0 Å². The van der Waals surface area contributed by atoms with Gasteiger partial charge in [0.1, 0.15) is 0 Å². The van der Waals surface area contributed by atoms with E-state index in [9.17, 15) is 4.79 Å². The fourth-order valence-corrected chi connectivity index (χ4v) is 2.76. The lowest BCUT2D eigenvalue weighted by molar-refractivity contribution is 0.232. The molecule has 1 aliphatic rings. The molecule has 1 atom stereocenters. The van der Waals surface area contributed by atoms with Crippen molar-refractivity contribution in [2.75, 3.05) is 13.2 Å². The molecule has 3 rings (SSSR count). The first-order valence-electron chi connectivity index (χ1n) is 8.55. The van der Waals surface area contributed by atoms with Gasteiger partial charge in [0.25, 0.3) is 0 Å². The smallest absolute Gasteiger partial charge is 0.315 e. The zero-order valence-corrected chi connectivity index (χ0v) is 14.5. The molecule has 0 bridgehead atoms. The summed E-state index contributed by atoms with van der Waals surface area (Å²) in [5.74, 6) is 1.72. The number of fused-ring (bicyclic) bond motifs is 1. The Hall–Kier alpha value is -2.70. The van der Waals surface area contributed by atoms with E-state index in [0.29, 0.717) is 19.8 Å². The van der Waals surface area contributed by atoms with E-state index in [1.54, 1.807) is 6.20 Å². The Kier molecular flexibility index (Phi) is 5.42. The van der Waals surface area contributed by atoms with Gasteiger partial charge >= 0.3 is 6.03 Å². The van der Waals surface area contributed by atoms with Gasteiger partial charge in [-0.25, -0.2) is 4.79 Å². The van der Waals surface area contributed by atoms with Crippen molar-refractivity contribution < 1.29 is 14.3 Å². The lowest BCUT2D eigenvalue weighted by Crippen LogP contribution is -2.39. The number of nitrogens with one attached hydrogen (secondary N) is 3. The second kappa shape index (κ2) is 7.92. The summed E-state index contributed by atoms with van der Waals surface area (Å²) in [5, 5.41) is 12.6. The van der Waals surface area contributed by atoms with Gasteiger partial charge in [0.2, 0.25) is 0 Å². The largest absolute Gasteiger partial charge is 0.490 e. The number of urea groups is 1. The Morgan fingerprint density at radius 2 is 2.04 bits per heavy atom. The first-order chi connectivity index (χ1) is 12.1. The van der Waals surface area contributed by atoms with Crippen molar-refractivity contribution in [2.45, 2.75) is 32.9 Å². The van der Waals surface area contributed by atoms with Crippen molar-refractivity contribution >= 4 is 6.03 Å². The quantitative estimate of drug-likeness (QED) is 0.778. The maximum Gasteiger partial charge on any atom is 0.315 e. The molecule has 0 saturated carbocycles. The van der Waals surface area contributed by atoms with Gasteiger partial charge in [-0.05, 0) is 29.7 Å². The average molecular weight is 344 g/mol. The molecule has 7 heteroatoms. The number of carbonyl (C=O) groups is 1. The maximum atomic E-state index is 12.3. The van der Waals surface area contributed by atoms with Gasteiger partial charge in [0.05, 0.1) is 31.5 Å². The summed E-state index contributed by atoms with van der Waals surface area (Å²) in [6, 6.07) is 7.33. The van der Waals surface area contributed by atoms with Crippen molar-refractivity contribution in [1.82, 2.24) is 20.8 Å². The minimum absolute atomic E-state index is 0.126. The van der Waals surface area contributed by atoms with Gasteiger partial charge in [-0.15, -0.1) is 0 Å². The van der Waals surface area contributed by atoms with Crippen LogP contribution in [0.25, 0.3) is 0 Å². The number of aromatic amines is 1. The Labute approximate surface area is 147 Å². The monoisotopic (exact) mass is 344 g/mol.